The first-order valence-corrected chi connectivity index (χ1v) is 6.82. The molecule has 3 rings (SSSR count). The molecule has 0 saturated heterocycles. The van der Waals surface area contributed by atoms with Gasteiger partial charge < -0.3 is 5.32 Å². The van der Waals surface area contributed by atoms with Crippen molar-refractivity contribution in [1.82, 2.24) is 19.6 Å². The normalized spacial score (nSPS) is 12.6. The number of hydrogen-bond donors (Lipinski definition) is 1. The lowest BCUT2D eigenvalue weighted by atomic mass is 10.1. The maximum atomic E-state index is 13.3. The molecule has 0 saturated carbocycles. The Labute approximate surface area is 125 Å². The SMILES string of the molecule is Cc1c(Cl)nc2ncnn2c1NC(C)c1cccc(F)c1. The predicted octanol–water partition coefficient (Wildman–Crippen LogP) is 3.40. The van der Waals surface area contributed by atoms with Crippen molar-refractivity contribution < 1.29 is 4.39 Å². The van der Waals surface area contributed by atoms with Crippen LogP contribution in [-0.2, 0) is 0 Å². The van der Waals surface area contributed by atoms with Crippen molar-refractivity contribution in [3.8, 4) is 0 Å². The van der Waals surface area contributed by atoms with Crippen LogP contribution in [0, 0.1) is 12.7 Å². The topological polar surface area (TPSA) is 55.1 Å². The quantitative estimate of drug-likeness (QED) is 0.754. The number of nitrogens with one attached hydrogen (secondary N) is 1. The Balaban J connectivity index is 2.01. The third kappa shape index (κ3) is 2.54. The molecular weight excluding hydrogens is 293 g/mol. The lowest BCUT2D eigenvalue weighted by molar-refractivity contribution is 0.623. The van der Waals surface area contributed by atoms with Crippen molar-refractivity contribution in [2.45, 2.75) is 19.9 Å². The molecule has 21 heavy (non-hydrogen) atoms. The summed E-state index contributed by atoms with van der Waals surface area (Å²) >= 11 is 6.11. The summed E-state index contributed by atoms with van der Waals surface area (Å²) in [5.41, 5.74) is 1.59. The van der Waals surface area contributed by atoms with E-state index in [0.29, 0.717) is 16.7 Å². The summed E-state index contributed by atoms with van der Waals surface area (Å²) in [5.74, 6) is 0.843. The Bertz CT molecular complexity index is 801. The zero-order chi connectivity index (χ0) is 15.0. The van der Waals surface area contributed by atoms with Gasteiger partial charge >= 0.3 is 0 Å². The Hall–Kier alpha value is -2.21. The van der Waals surface area contributed by atoms with E-state index >= 15 is 0 Å². The minimum Gasteiger partial charge on any atom is -0.363 e. The van der Waals surface area contributed by atoms with Gasteiger partial charge in [0.15, 0.2) is 0 Å². The van der Waals surface area contributed by atoms with Crippen molar-refractivity contribution in [3.05, 3.63) is 52.7 Å². The number of hydrogen-bond acceptors (Lipinski definition) is 4. The summed E-state index contributed by atoms with van der Waals surface area (Å²) in [5, 5.41) is 7.79. The van der Waals surface area contributed by atoms with Crippen LogP contribution in [0.5, 0.6) is 0 Å². The average molecular weight is 306 g/mol. The van der Waals surface area contributed by atoms with E-state index in [-0.39, 0.29) is 11.9 Å². The van der Waals surface area contributed by atoms with Crippen molar-refractivity contribution >= 4 is 23.2 Å². The Morgan fingerprint density at radius 2 is 2.19 bits per heavy atom. The highest BCUT2D eigenvalue weighted by molar-refractivity contribution is 6.30. The molecule has 0 amide bonds. The number of benzene rings is 1. The van der Waals surface area contributed by atoms with Crippen molar-refractivity contribution in [1.29, 1.82) is 0 Å². The van der Waals surface area contributed by atoms with Gasteiger partial charge in [-0.05, 0) is 31.5 Å². The second-order valence-corrected chi connectivity index (χ2v) is 5.13. The first-order valence-electron chi connectivity index (χ1n) is 6.44. The highest BCUT2D eigenvalue weighted by atomic mass is 35.5. The molecule has 0 fully saturated rings. The third-order valence-electron chi connectivity index (χ3n) is 3.31. The molecule has 2 heterocycles. The molecule has 2 aromatic heterocycles. The van der Waals surface area contributed by atoms with E-state index in [0.717, 1.165) is 11.1 Å². The minimum absolute atomic E-state index is 0.120. The number of fused-ring (bicyclic) bond motifs is 1. The number of anilines is 1. The van der Waals surface area contributed by atoms with Gasteiger partial charge in [0.2, 0.25) is 0 Å². The van der Waals surface area contributed by atoms with Crippen LogP contribution in [0.25, 0.3) is 5.78 Å². The maximum absolute atomic E-state index is 13.3. The fourth-order valence-electron chi connectivity index (χ4n) is 2.13. The molecule has 0 aliphatic carbocycles. The molecule has 0 radical (unpaired) electrons. The number of nitrogens with zero attached hydrogens (tertiary/aromatic N) is 4. The van der Waals surface area contributed by atoms with Crippen LogP contribution in [0.2, 0.25) is 5.15 Å². The second kappa shape index (κ2) is 5.29. The van der Waals surface area contributed by atoms with Gasteiger partial charge in [-0.15, -0.1) is 0 Å². The molecule has 1 atom stereocenters. The molecule has 1 unspecified atom stereocenters. The third-order valence-corrected chi connectivity index (χ3v) is 3.67. The Kier molecular flexibility index (Phi) is 3.47. The van der Waals surface area contributed by atoms with Crippen LogP contribution in [0.1, 0.15) is 24.1 Å². The molecule has 0 bridgehead atoms. The van der Waals surface area contributed by atoms with Gasteiger partial charge in [0, 0.05) is 5.56 Å². The molecule has 1 aromatic carbocycles. The lowest BCUT2D eigenvalue weighted by Gasteiger charge is -2.18. The average Bonchev–Trinajstić information content (AvgIpc) is 2.91. The van der Waals surface area contributed by atoms with Gasteiger partial charge in [0.05, 0.1) is 6.04 Å². The summed E-state index contributed by atoms with van der Waals surface area (Å²) in [6.07, 6.45) is 1.41. The van der Waals surface area contributed by atoms with Crippen LogP contribution < -0.4 is 5.32 Å². The van der Waals surface area contributed by atoms with Crippen LogP contribution in [0.15, 0.2) is 30.6 Å². The van der Waals surface area contributed by atoms with Gasteiger partial charge in [-0.3, -0.25) is 0 Å². The van der Waals surface area contributed by atoms with Crippen LogP contribution in [-0.4, -0.2) is 19.6 Å². The summed E-state index contributed by atoms with van der Waals surface area (Å²) in [6, 6.07) is 6.33. The van der Waals surface area contributed by atoms with Gasteiger partial charge in [-0.1, -0.05) is 23.7 Å². The number of aromatic nitrogens is 4. The van der Waals surface area contributed by atoms with E-state index in [2.05, 4.69) is 20.4 Å². The monoisotopic (exact) mass is 305 g/mol. The maximum Gasteiger partial charge on any atom is 0.255 e. The molecule has 108 valence electrons. The molecule has 0 spiro atoms. The highest BCUT2D eigenvalue weighted by Gasteiger charge is 2.15. The van der Waals surface area contributed by atoms with E-state index in [4.69, 9.17) is 11.6 Å². The zero-order valence-corrected chi connectivity index (χ0v) is 12.3. The molecule has 1 N–H and O–H groups in total. The first-order chi connectivity index (χ1) is 10.1. The summed E-state index contributed by atoms with van der Waals surface area (Å²) in [4.78, 5) is 8.18. The molecule has 5 nitrogen and oxygen atoms in total. The first kappa shape index (κ1) is 13.8. The van der Waals surface area contributed by atoms with E-state index < -0.39 is 0 Å². The highest BCUT2D eigenvalue weighted by Crippen LogP contribution is 2.26. The molecule has 0 aliphatic heterocycles. The second-order valence-electron chi connectivity index (χ2n) is 4.77. The number of rotatable bonds is 3. The fraction of sp³-hybridized carbons (Fsp3) is 0.214. The van der Waals surface area contributed by atoms with Gasteiger partial charge in [0.1, 0.15) is 23.1 Å². The molecule has 0 aliphatic rings. The summed E-state index contributed by atoms with van der Waals surface area (Å²) in [7, 11) is 0. The Morgan fingerprint density at radius 1 is 1.38 bits per heavy atom. The van der Waals surface area contributed by atoms with E-state index in [1.54, 1.807) is 10.6 Å². The van der Waals surface area contributed by atoms with Crippen LogP contribution >= 0.6 is 11.6 Å². The summed E-state index contributed by atoms with van der Waals surface area (Å²) < 4.78 is 14.9. The fourth-order valence-corrected chi connectivity index (χ4v) is 2.30. The molecule has 7 heteroatoms. The van der Waals surface area contributed by atoms with E-state index in [1.165, 1.54) is 18.5 Å². The van der Waals surface area contributed by atoms with E-state index in [9.17, 15) is 4.39 Å². The number of halogens is 2. The smallest absolute Gasteiger partial charge is 0.255 e. The Morgan fingerprint density at radius 3 is 2.95 bits per heavy atom. The van der Waals surface area contributed by atoms with Gasteiger partial charge in [0.25, 0.3) is 5.78 Å². The van der Waals surface area contributed by atoms with Crippen molar-refractivity contribution in [3.63, 3.8) is 0 Å². The van der Waals surface area contributed by atoms with Crippen LogP contribution in [0.4, 0.5) is 10.2 Å². The van der Waals surface area contributed by atoms with Gasteiger partial charge in [-0.2, -0.15) is 19.6 Å². The molecule has 3 aromatic rings. The molecular formula is C14H13ClFN5. The predicted molar refractivity (Wildman–Crippen MR) is 79.0 cm³/mol. The standard InChI is InChI=1S/C14H13ClFN5/c1-8-12(15)20-14-17-7-18-21(14)13(8)19-9(2)10-4-3-5-11(16)6-10/h3-7,9,19H,1-2H3. The van der Waals surface area contributed by atoms with Gasteiger partial charge in [-0.25, -0.2) is 4.39 Å². The zero-order valence-electron chi connectivity index (χ0n) is 11.5. The lowest BCUT2D eigenvalue weighted by Crippen LogP contribution is -2.13. The van der Waals surface area contributed by atoms with E-state index in [1.807, 2.05) is 19.9 Å². The summed E-state index contributed by atoms with van der Waals surface area (Å²) in [6.45, 7) is 3.78. The van der Waals surface area contributed by atoms with Crippen molar-refractivity contribution in [2.75, 3.05) is 5.32 Å². The minimum atomic E-state index is -0.267. The van der Waals surface area contributed by atoms with Crippen LogP contribution in [0.3, 0.4) is 0 Å². The van der Waals surface area contributed by atoms with Crippen molar-refractivity contribution in [2.24, 2.45) is 0 Å². The largest absolute Gasteiger partial charge is 0.363 e.